The highest BCUT2D eigenvalue weighted by atomic mass is 35.5. The summed E-state index contributed by atoms with van der Waals surface area (Å²) >= 11 is 5.73. The van der Waals surface area contributed by atoms with Crippen LogP contribution in [0.2, 0.25) is 5.02 Å². The van der Waals surface area contributed by atoms with E-state index < -0.39 is 27.1 Å². The Balaban J connectivity index is 2.08. The van der Waals surface area contributed by atoms with Gasteiger partial charge in [0.05, 0.1) is 29.1 Å². The second-order valence-electron chi connectivity index (χ2n) is 5.04. The van der Waals surface area contributed by atoms with Gasteiger partial charge in [-0.3, -0.25) is 29.9 Å². The first-order valence-corrected chi connectivity index (χ1v) is 7.48. The molecule has 11 heteroatoms. The van der Waals surface area contributed by atoms with Crippen LogP contribution in [0.4, 0.5) is 11.4 Å². The molecule has 1 amide bonds. The van der Waals surface area contributed by atoms with Crippen molar-refractivity contribution in [3.8, 4) is 0 Å². The summed E-state index contributed by atoms with van der Waals surface area (Å²) in [6.45, 7) is 3.60. The minimum Gasteiger partial charge on any atom is -0.379 e. The first-order chi connectivity index (χ1) is 11.4. The van der Waals surface area contributed by atoms with Gasteiger partial charge < -0.3 is 10.1 Å². The highest BCUT2D eigenvalue weighted by Crippen LogP contribution is 2.32. The highest BCUT2D eigenvalue weighted by molar-refractivity contribution is 6.33. The number of nitro groups is 2. The Morgan fingerprint density at radius 2 is 1.83 bits per heavy atom. The quantitative estimate of drug-likeness (QED) is 0.598. The summed E-state index contributed by atoms with van der Waals surface area (Å²) in [5, 5.41) is 24.1. The molecule has 1 N–H and O–H groups in total. The largest absolute Gasteiger partial charge is 0.379 e. The summed E-state index contributed by atoms with van der Waals surface area (Å²) in [7, 11) is 0. The summed E-state index contributed by atoms with van der Waals surface area (Å²) in [5.74, 6) is -0.702. The lowest BCUT2D eigenvalue weighted by atomic mass is 10.1. The van der Waals surface area contributed by atoms with Crippen molar-refractivity contribution in [2.75, 3.05) is 39.4 Å². The van der Waals surface area contributed by atoms with E-state index in [2.05, 4.69) is 10.2 Å². The number of rotatable bonds is 6. The molecule has 1 fully saturated rings. The molecule has 0 aliphatic carbocycles. The van der Waals surface area contributed by atoms with Crippen LogP contribution in [0.3, 0.4) is 0 Å². The summed E-state index contributed by atoms with van der Waals surface area (Å²) in [4.78, 5) is 34.4. The van der Waals surface area contributed by atoms with Crippen LogP contribution >= 0.6 is 11.6 Å². The first-order valence-electron chi connectivity index (χ1n) is 7.10. The molecule has 0 aromatic heterocycles. The van der Waals surface area contributed by atoms with Gasteiger partial charge in [0, 0.05) is 26.2 Å². The third-order valence-corrected chi connectivity index (χ3v) is 3.82. The van der Waals surface area contributed by atoms with E-state index in [-0.39, 0.29) is 17.1 Å². The van der Waals surface area contributed by atoms with Crippen molar-refractivity contribution in [1.82, 2.24) is 10.2 Å². The number of carbonyl (C=O) groups excluding carboxylic acids is 1. The molecule has 1 heterocycles. The number of nitrogens with zero attached hydrogens (tertiary/aromatic N) is 3. The number of nitrogens with one attached hydrogen (secondary N) is 1. The maximum atomic E-state index is 12.2. The summed E-state index contributed by atoms with van der Waals surface area (Å²) in [6.07, 6.45) is 0. The lowest BCUT2D eigenvalue weighted by molar-refractivity contribution is -0.394. The Bertz CT molecular complexity index is 662. The predicted octanol–water partition coefficient (Wildman–Crippen LogP) is 1.22. The Hall–Kier alpha value is -2.30. The fraction of sp³-hybridized carbons (Fsp3) is 0.462. The Morgan fingerprint density at radius 3 is 2.42 bits per heavy atom. The van der Waals surface area contributed by atoms with Gasteiger partial charge in [-0.1, -0.05) is 11.6 Å². The van der Waals surface area contributed by atoms with Crippen LogP contribution < -0.4 is 5.32 Å². The Labute approximate surface area is 141 Å². The van der Waals surface area contributed by atoms with E-state index in [1.165, 1.54) is 0 Å². The van der Waals surface area contributed by atoms with E-state index in [1.54, 1.807) is 0 Å². The van der Waals surface area contributed by atoms with E-state index in [0.717, 1.165) is 19.2 Å². The average Bonchev–Trinajstić information content (AvgIpc) is 2.54. The second kappa shape index (κ2) is 7.99. The molecule has 0 saturated carbocycles. The maximum absolute atomic E-state index is 12.2. The minimum atomic E-state index is -0.847. The standard InChI is InChI=1S/C13H15ClN4O6/c14-10-7-9(11(17(20)21)8-12(10)18(22)23)13(19)15-1-2-16-3-5-24-6-4-16/h7-8H,1-6H2,(H,15,19). The van der Waals surface area contributed by atoms with Crippen LogP contribution in [0.5, 0.6) is 0 Å². The van der Waals surface area contributed by atoms with E-state index in [4.69, 9.17) is 16.3 Å². The Kier molecular flexibility index (Phi) is 6.01. The van der Waals surface area contributed by atoms with Gasteiger partial charge in [-0.15, -0.1) is 0 Å². The van der Waals surface area contributed by atoms with Crippen molar-refractivity contribution in [2.24, 2.45) is 0 Å². The molecule has 130 valence electrons. The zero-order chi connectivity index (χ0) is 17.7. The van der Waals surface area contributed by atoms with Crippen LogP contribution in [0, 0.1) is 20.2 Å². The first kappa shape index (κ1) is 18.0. The highest BCUT2D eigenvalue weighted by Gasteiger charge is 2.27. The topological polar surface area (TPSA) is 128 Å². The fourth-order valence-electron chi connectivity index (χ4n) is 2.27. The van der Waals surface area contributed by atoms with Crippen molar-refractivity contribution < 1.29 is 19.4 Å². The summed E-state index contributed by atoms with van der Waals surface area (Å²) < 4.78 is 5.21. The minimum absolute atomic E-state index is 0.282. The normalized spacial score (nSPS) is 15.0. The number of halogens is 1. The molecule has 1 aromatic rings. The van der Waals surface area contributed by atoms with E-state index in [9.17, 15) is 25.0 Å². The lowest BCUT2D eigenvalue weighted by Crippen LogP contribution is -2.41. The van der Waals surface area contributed by atoms with Gasteiger partial charge in [0.1, 0.15) is 10.6 Å². The number of hydrogen-bond donors (Lipinski definition) is 1. The third-order valence-electron chi connectivity index (χ3n) is 3.52. The van der Waals surface area contributed by atoms with Crippen LogP contribution in [0.15, 0.2) is 12.1 Å². The molecule has 0 unspecified atom stereocenters. The second-order valence-corrected chi connectivity index (χ2v) is 5.45. The van der Waals surface area contributed by atoms with Gasteiger partial charge in [0.2, 0.25) is 0 Å². The van der Waals surface area contributed by atoms with Crippen molar-refractivity contribution in [2.45, 2.75) is 0 Å². The molecular weight excluding hydrogens is 344 g/mol. The zero-order valence-electron chi connectivity index (χ0n) is 12.6. The average molecular weight is 359 g/mol. The summed E-state index contributed by atoms with van der Waals surface area (Å²) in [6, 6.07) is 1.64. The van der Waals surface area contributed by atoms with Gasteiger partial charge in [0.25, 0.3) is 17.3 Å². The van der Waals surface area contributed by atoms with Gasteiger partial charge in [-0.2, -0.15) is 0 Å². The SMILES string of the molecule is O=C(NCCN1CCOCC1)c1cc(Cl)c([N+](=O)[O-])cc1[N+](=O)[O-]. The van der Waals surface area contributed by atoms with Gasteiger partial charge in [-0.25, -0.2) is 0 Å². The van der Waals surface area contributed by atoms with Crippen molar-refractivity contribution >= 4 is 28.9 Å². The molecule has 10 nitrogen and oxygen atoms in total. The molecular formula is C13H15ClN4O6. The molecule has 24 heavy (non-hydrogen) atoms. The molecule has 0 atom stereocenters. The third kappa shape index (κ3) is 4.37. The summed E-state index contributed by atoms with van der Waals surface area (Å²) in [5.41, 5.74) is -1.58. The molecule has 1 aromatic carbocycles. The van der Waals surface area contributed by atoms with E-state index in [0.29, 0.717) is 25.8 Å². The molecule has 1 aliphatic rings. The predicted molar refractivity (Wildman–Crippen MR) is 84.4 cm³/mol. The van der Waals surface area contributed by atoms with Crippen LogP contribution in [0.25, 0.3) is 0 Å². The molecule has 1 saturated heterocycles. The van der Waals surface area contributed by atoms with Crippen LogP contribution in [0.1, 0.15) is 10.4 Å². The molecule has 0 bridgehead atoms. The number of morpholine rings is 1. The van der Waals surface area contributed by atoms with Gasteiger partial charge >= 0.3 is 0 Å². The number of carbonyl (C=O) groups is 1. The maximum Gasteiger partial charge on any atom is 0.294 e. The van der Waals surface area contributed by atoms with Crippen LogP contribution in [-0.4, -0.2) is 60.0 Å². The lowest BCUT2D eigenvalue weighted by Gasteiger charge is -2.26. The monoisotopic (exact) mass is 358 g/mol. The van der Waals surface area contributed by atoms with Gasteiger partial charge in [-0.05, 0) is 6.07 Å². The molecule has 0 spiro atoms. The number of amides is 1. The smallest absolute Gasteiger partial charge is 0.294 e. The van der Waals surface area contributed by atoms with E-state index in [1.807, 2.05) is 0 Å². The molecule has 1 aliphatic heterocycles. The molecule has 2 rings (SSSR count). The van der Waals surface area contributed by atoms with Gasteiger partial charge in [0.15, 0.2) is 0 Å². The number of hydrogen-bond acceptors (Lipinski definition) is 7. The van der Waals surface area contributed by atoms with Crippen molar-refractivity contribution in [1.29, 1.82) is 0 Å². The number of benzene rings is 1. The number of ether oxygens (including phenoxy) is 1. The van der Waals surface area contributed by atoms with E-state index >= 15 is 0 Å². The number of nitro benzene ring substituents is 2. The van der Waals surface area contributed by atoms with Crippen molar-refractivity contribution in [3.05, 3.63) is 42.9 Å². The van der Waals surface area contributed by atoms with Crippen LogP contribution in [-0.2, 0) is 4.74 Å². The Morgan fingerprint density at radius 1 is 1.21 bits per heavy atom. The molecule has 0 radical (unpaired) electrons. The fourth-order valence-corrected chi connectivity index (χ4v) is 2.50. The van der Waals surface area contributed by atoms with Crippen molar-refractivity contribution in [3.63, 3.8) is 0 Å². The zero-order valence-corrected chi connectivity index (χ0v) is 13.3.